The minimum atomic E-state index is 0.216. The van der Waals surface area contributed by atoms with Crippen LogP contribution in [0.4, 0.5) is 0 Å². The summed E-state index contributed by atoms with van der Waals surface area (Å²) in [5.41, 5.74) is 4.03. The number of aryl methyl sites for hydroxylation is 1. The molecule has 136 valence electrons. The molecule has 0 spiro atoms. The van der Waals surface area contributed by atoms with Crippen molar-refractivity contribution in [3.8, 4) is 0 Å². The van der Waals surface area contributed by atoms with Gasteiger partial charge in [-0.25, -0.2) is 0 Å². The van der Waals surface area contributed by atoms with Crippen LogP contribution in [-0.4, -0.2) is 24.5 Å². The molecule has 1 unspecified atom stereocenters. The zero-order chi connectivity index (χ0) is 18.2. The Bertz CT molecular complexity index is 995. The fourth-order valence-corrected chi connectivity index (χ4v) is 7.56. The Morgan fingerprint density at radius 2 is 1.78 bits per heavy atom. The summed E-state index contributed by atoms with van der Waals surface area (Å²) in [4.78, 5) is 5.05. The standard InChI is InChI=1S/C22H19ClN2SSe/c23-16-12-10-15(11-13-16)20-14-21(27-17-6-2-1-3-7-17)26-22-24-18-8-4-5-9-19(18)25(20)22/h1-3,6-7,10-14,20H,4-5,8-9H2. The van der Waals surface area contributed by atoms with Gasteiger partial charge in [-0.05, 0) is 0 Å². The number of rotatable bonds is 3. The average Bonchev–Trinajstić information content (AvgIpc) is 3.07. The summed E-state index contributed by atoms with van der Waals surface area (Å²) in [6.45, 7) is 0. The quantitative estimate of drug-likeness (QED) is 0.516. The van der Waals surface area contributed by atoms with Crippen molar-refractivity contribution in [2.24, 2.45) is 0 Å². The maximum atomic E-state index is 6.15. The van der Waals surface area contributed by atoms with Crippen molar-refractivity contribution in [1.29, 1.82) is 0 Å². The molecule has 1 atom stereocenters. The summed E-state index contributed by atoms with van der Waals surface area (Å²) >= 11 is 8.31. The summed E-state index contributed by atoms with van der Waals surface area (Å²) in [6.07, 6.45) is 7.22. The minimum absolute atomic E-state index is 0.216. The Kier molecular flexibility index (Phi) is 4.91. The van der Waals surface area contributed by atoms with Gasteiger partial charge in [-0.15, -0.1) is 0 Å². The van der Waals surface area contributed by atoms with Gasteiger partial charge in [-0.3, -0.25) is 0 Å². The van der Waals surface area contributed by atoms with Gasteiger partial charge >= 0.3 is 176 Å². The Balaban J connectivity index is 1.58. The van der Waals surface area contributed by atoms with E-state index in [1.54, 1.807) is 0 Å². The SMILES string of the molecule is Clc1ccc(C2C=C([Se]c3ccccc3)Sc3nc4c(n32)CCCC4)cc1. The maximum absolute atomic E-state index is 6.15. The molecule has 2 aliphatic rings. The molecule has 0 saturated heterocycles. The molecule has 2 heterocycles. The molecule has 0 fully saturated rings. The molecule has 0 amide bonds. The van der Waals surface area contributed by atoms with E-state index in [1.807, 2.05) is 23.9 Å². The number of nitrogens with zero attached hydrogens (tertiary/aromatic N) is 2. The van der Waals surface area contributed by atoms with E-state index in [4.69, 9.17) is 16.6 Å². The first-order valence-electron chi connectivity index (χ1n) is 9.26. The van der Waals surface area contributed by atoms with Gasteiger partial charge in [0.1, 0.15) is 0 Å². The summed E-state index contributed by atoms with van der Waals surface area (Å²) in [5, 5.41) is 1.95. The van der Waals surface area contributed by atoms with Gasteiger partial charge < -0.3 is 0 Å². The molecule has 2 aromatic carbocycles. The van der Waals surface area contributed by atoms with Gasteiger partial charge in [0.15, 0.2) is 0 Å². The van der Waals surface area contributed by atoms with Crippen LogP contribution in [0, 0.1) is 0 Å². The normalized spacial score (nSPS) is 18.6. The number of halogens is 1. The third-order valence-electron chi connectivity index (χ3n) is 5.07. The molecule has 5 rings (SSSR count). The third kappa shape index (κ3) is 3.52. The topological polar surface area (TPSA) is 17.8 Å². The zero-order valence-electron chi connectivity index (χ0n) is 14.8. The molecule has 1 aliphatic heterocycles. The molecule has 0 radical (unpaired) electrons. The zero-order valence-corrected chi connectivity index (χ0v) is 18.1. The molecule has 5 heteroatoms. The van der Waals surface area contributed by atoms with Crippen LogP contribution in [0.3, 0.4) is 0 Å². The van der Waals surface area contributed by atoms with Gasteiger partial charge in [0.2, 0.25) is 0 Å². The van der Waals surface area contributed by atoms with Crippen LogP contribution >= 0.6 is 23.4 Å². The van der Waals surface area contributed by atoms with Gasteiger partial charge in [-0.1, -0.05) is 0 Å². The molecular formula is C22H19ClN2SSe. The van der Waals surface area contributed by atoms with Crippen molar-refractivity contribution in [1.82, 2.24) is 9.55 Å². The second-order valence-corrected chi connectivity index (χ2v) is 11.2. The first kappa shape index (κ1) is 17.6. The Morgan fingerprint density at radius 3 is 2.59 bits per heavy atom. The molecule has 0 N–H and O–H groups in total. The summed E-state index contributed by atoms with van der Waals surface area (Å²) in [5.74, 6) is 0. The Labute approximate surface area is 175 Å². The third-order valence-corrected chi connectivity index (χ3v) is 8.87. The molecule has 27 heavy (non-hydrogen) atoms. The van der Waals surface area contributed by atoms with Gasteiger partial charge in [0.25, 0.3) is 0 Å². The number of fused-ring (bicyclic) bond motifs is 3. The average molecular weight is 458 g/mol. The molecule has 2 nitrogen and oxygen atoms in total. The van der Waals surface area contributed by atoms with Crippen LogP contribution < -0.4 is 4.46 Å². The first-order valence-corrected chi connectivity index (χ1v) is 12.2. The number of imidazole rings is 1. The van der Waals surface area contributed by atoms with Crippen LogP contribution in [-0.2, 0) is 12.8 Å². The van der Waals surface area contributed by atoms with Crippen LogP contribution in [0.5, 0.6) is 0 Å². The van der Waals surface area contributed by atoms with E-state index in [0.717, 1.165) is 23.0 Å². The first-order chi connectivity index (χ1) is 13.3. The fourth-order valence-electron chi connectivity index (χ4n) is 3.79. The van der Waals surface area contributed by atoms with Gasteiger partial charge in [0.05, 0.1) is 0 Å². The van der Waals surface area contributed by atoms with E-state index >= 15 is 0 Å². The molecular weight excluding hydrogens is 439 g/mol. The van der Waals surface area contributed by atoms with E-state index in [9.17, 15) is 0 Å². The number of aromatic nitrogens is 2. The Hall–Kier alpha value is -1.45. The summed E-state index contributed by atoms with van der Waals surface area (Å²) in [7, 11) is 0. The summed E-state index contributed by atoms with van der Waals surface area (Å²) in [6, 6.07) is 19.3. The van der Waals surface area contributed by atoms with Gasteiger partial charge in [0, 0.05) is 0 Å². The molecule has 0 bridgehead atoms. The monoisotopic (exact) mass is 458 g/mol. The predicted molar refractivity (Wildman–Crippen MR) is 114 cm³/mol. The number of thioether (sulfide) groups is 1. The van der Waals surface area contributed by atoms with Gasteiger partial charge in [-0.2, -0.15) is 0 Å². The van der Waals surface area contributed by atoms with Crippen molar-refractivity contribution in [3.63, 3.8) is 0 Å². The molecule has 0 saturated carbocycles. The van der Waals surface area contributed by atoms with E-state index in [1.165, 1.54) is 38.1 Å². The predicted octanol–water partition coefficient (Wildman–Crippen LogP) is 4.98. The number of allylic oxidation sites excluding steroid dienone is 1. The van der Waals surface area contributed by atoms with Crippen LogP contribution in [0.15, 0.2) is 69.6 Å². The van der Waals surface area contributed by atoms with E-state index in [-0.39, 0.29) is 6.04 Å². The second-order valence-electron chi connectivity index (χ2n) is 6.86. The fraction of sp³-hybridized carbons (Fsp3) is 0.227. The van der Waals surface area contributed by atoms with Crippen molar-refractivity contribution in [3.05, 3.63) is 86.5 Å². The summed E-state index contributed by atoms with van der Waals surface area (Å²) < 4.78 is 5.32. The van der Waals surface area contributed by atoms with E-state index < -0.39 is 0 Å². The van der Waals surface area contributed by atoms with Crippen LogP contribution in [0.25, 0.3) is 0 Å². The van der Waals surface area contributed by atoms with E-state index in [2.05, 4.69) is 53.1 Å². The number of hydrogen-bond acceptors (Lipinski definition) is 2. The van der Waals surface area contributed by atoms with Crippen molar-refractivity contribution >= 4 is 42.8 Å². The second kappa shape index (κ2) is 7.52. The number of benzene rings is 2. The van der Waals surface area contributed by atoms with Crippen molar-refractivity contribution in [2.75, 3.05) is 0 Å². The molecule has 1 aromatic heterocycles. The van der Waals surface area contributed by atoms with Crippen molar-refractivity contribution in [2.45, 2.75) is 36.9 Å². The van der Waals surface area contributed by atoms with E-state index in [0.29, 0.717) is 15.0 Å². The number of hydrogen-bond donors (Lipinski definition) is 0. The van der Waals surface area contributed by atoms with Crippen LogP contribution in [0.1, 0.15) is 35.8 Å². The Morgan fingerprint density at radius 1 is 1.00 bits per heavy atom. The molecule has 1 aliphatic carbocycles. The molecule has 3 aromatic rings. The van der Waals surface area contributed by atoms with Crippen LogP contribution in [0.2, 0.25) is 5.02 Å². The van der Waals surface area contributed by atoms with Crippen molar-refractivity contribution < 1.29 is 0 Å².